The van der Waals surface area contributed by atoms with Crippen molar-refractivity contribution >= 4 is 16.8 Å². The van der Waals surface area contributed by atoms with Gasteiger partial charge >= 0.3 is 0 Å². The van der Waals surface area contributed by atoms with Crippen molar-refractivity contribution in [1.82, 2.24) is 10.3 Å². The van der Waals surface area contributed by atoms with Crippen LogP contribution in [0.15, 0.2) is 24.4 Å². The first-order chi connectivity index (χ1) is 9.24. The number of amides is 1. The van der Waals surface area contributed by atoms with E-state index >= 15 is 0 Å². The van der Waals surface area contributed by atoms with Gasteiger partial charge in [-0.3, -0.25) is 4.79 Å². The maximum absolute atomic E-state index is 11.8. The molecule has 2 aromatic rings. The lowest BCUT2D eigenvalue weighted by atomic mass is 10.1. The van der Waals surface area contributed by atoms with Gasteiger partial charge in [0.2, 0.25) is 5.91 Å². The van der Waals surface area contributed by atoms with Crippen LogP contribution in [0, 0.1) is 0 Å². The molecule has 0 aliphatic rings. The second-order valence-electron chi connectivity index (χ2n) is 4.61. The number of hydrogen-bond donors (Lipinski definition) is 2. The number of aromatic amines is 1. The number of carbonyl (C=O) groups excluding carboxylic acids is 1. The summed E-state index contributed by atoms with van der Waals surface area (Å²) >= 11 is 0. The van der Waals surface area contributed by atoms with Crippen LogP contribution >= 0.6 is 0 Å². The summed E-state index contributed by atoms with van der Waals surface area (Å²) in [5.41, 5.74) is 2.03. The van der Waals surface area contributed by atoms with Crippen LogP contribution in [0.4, 0.5) is 0 Å². The van der Waals surface area contributed by atoms with Crippen LogP contribution < -0.4 is 10.1 Å². The minimum atomic E-state index is 0.0668. The van der Waals surface area contributed by atoms with Crippen LogP contribution in [0.5, 0.6) is 5.75 Å². The molecule has 1 amide bonds. The zero-order valence-corrected chi connectivity index (χ0v) is 11.5. The van der Waals surface area contributed by atoms with Crippen LogP contribution in [-0.4, -0.2) is 24.5 Å². The van der Waals surface area contributed by atoms with Gasteiger partial charge in [0, 0.05) is 23.6 Å². The third-order valence-electron chi connectivity index (χ3n) is 3.18. The summed E-state index contributed by atoms with van der Waals surface area (Å²) in [4.78, 5) is 15.0. The first kappa shape index (κ1) is 13.5. The zero-order chi connectivity index (χ0) is 13.7. The van der Waals surface area contributed by atoms with Gasteiger partial charge in [-0.05, 0) is 30.2 Å². The van der Waals surface area contributed by atoms with Gasteiger partial charge in [-0.1, -0.05) is 13.3 Å². The van der Waals surface area contributed by atoms with Gasteiger partial charge < -0.3 is 15.0 Å². The number of nitrogens with one attached hydrogen (secondary N) is 2. The highest BCUT2D eigenvalue weighted by atomic mass is 16.5. The third-order valence-corrected chi connectivity index (χ3v) is 3.18. The Morgan fingerprint density at radius 1 is 1.42 bits per heavy atom. The Kier molecular flexibility index (Phi) is 4.44. The van der Waals surface area contributed by atoms with Gasteiger partial charge in [0.1, 0.15) is 5.75 Å². The molecule has 0 bridgehead atoms. The lowest BCUT2D eigenvalue weighted by molar-refractivity contribution is -0.120. The molecule has 0 atom stereocenters. The molecule has 0 unspecified atom stereocenters. The average Bonchev–Trinajstić information content (AvgIpc) is 2.81. The number of methoxy groups -OCH3 is 1. The highest BCUT2D eigenvalue weighted by Crippen LogP contribution is 2.23. The number of aromatic nitrogens is 1. The SMILES string of the molecule is CCCCNC(=O)Cc1c[nH]c2ccc(OC)cc12. The standard InChI is InChI=1S/C15H20N2O2/c1-3-4-7-16-15(18)8-11-10-17-14-6-5-12(19-2)9-13(11)14/h5-6,9-10,17H,3-4,7-8H2,1-2H3,(H,16,18). The van der Waals surface area contributed by atoms with Crippen molar-refractivity contribution in [2.24, 2.45) is 0 Å². The molecule has 19 heavy (non-hydrogen) atoms. The Hall–Kier alpha value is -1.97. The highest BCUT2D eigenvalue weighted by Gasteiger charge is 2.09. The molecule has 2 N–H and O–H groups in total. The zero-order valence-electron chi connectivity index (χ0n) is 11.5. The fourth-order valence-electron chi connectivity index (χ4n) is 2.07. The predicted molar refractivity (Wildman–Crippen MR) is 76.5 cm³/mol. The van der Waals surface area contributed by atoms with Gasteiger partial charge in [0.15, 0.2) is 0 Å². The molecule has 4 heteroatoms. The molecule has 1 heterocycles. The number of carbonyl (C=O) groups is 1. The molecule has 0 saturated heterocycles. The van der Waals surface area contributed by atoms with E-state index in [0.717, 1.165) is 41.6 Å². The number of fused-ring (bicyclic) bond motifs is 1. The molecule has 0 aliphatic heterocycles. The van der Waals surface area contributed by atoms with Crippen molar-refractivity contribution in [3.63, 3.8) is 0 Å². The number of rotatable bonds is 6. The molecule has 0 spiro atoms. The Morgan fingerprint density at radius 3 is 3.00 bits per heavy atom. The minimum Gasteiger partial charge on any atom is -0.497 e. The Balaban J connectivity index is 2.09. The van der Waals surface area contributed by atoms with Crippen molar-refractivity contribution < 1.29 is 9.53 Å². The second kappa shape index (κ2) is 6.27. The summed E-state index contributed by atoms with van der Waals surface area (Å²) in [5.74, 6) is 0.872. The molecule has 2 rings (SSSR count). The normalized spacial score (nSPS) is 10.6. The van der Waals surface area contributed by atoms with E-state index < -0.39 is 0 Å². The van der Waals surface area contributed by atoms with Crippen LogP contribution in [0.2, 0.25) is 0 Å². The lowest BCUT2D eigenvalue weighted by Crippen LogP contribution is -2.25. The summed E-state index contributed by atoms with van der Waals surface area (Å²) in [5, 5.41) is 3.98. The topological polar surface area (TPSA) is 54.1 Å². The van der Waals surface area contributed by atoms with E-state index in [0.29, 0.717) is 6.42 Å². The highest BCUT2D eigenvalue weighted by molar-refractivity contribution is 5.89. The molecule has 4 nitrogen and oxygen atoms in total. The number of hydrogen-bond acceptors (Lipinski definition) is 2. The van der Waals surface area contributed by atoms with E-state index in [1.54, 1.807) is 7.11 Å². The maximum atomic E-state index is 11.8. The number of unbranched alkanes of at least 4 members (excludes halogenated alkanes) is 1. The Bertz CT molecular complexity index is 560. The van der Waals surface area contributed by atoms with Crippen molar-refractivity contribution in [2.45, 2.75) is 26.2 Å². The van der Waals surface area contributed by atoms with Crippen LogP contribution in [0.1, 0.15) is 25.3 Å². The molecule has 0 aliphatic carbocycles. The van der Waals surface area contributed by atoms with Crippen LogP contribution in [-0.2, 0) is 11.2 Å². The number of H-pyrrole nitrogens is 1. The van der Waals surface area contributed by atoms with E-state index in [4.69, 9.17) is 4.74 Å². The van der Waals surface area contributed by atoms with Crippen molar-refractivity contribution in [2.75, 3.05) is 13.7 Å². The fraction of sp³-hybridized carbons (Fsp3) is 0.400. The fourth-order valence-corrected chi connectivity index (χ4v) is 2.07. The first-order valence-electron chi connectivity index (χ1n) is 6.65. The summed E-state index contributed by atoms with van der Waals surface area (Å²) < 4.78 is 5.22. The van der Waals surface area contributed by atoms with E-state index in [2.05, 4.69) is 17.2 Å². The van der Waals surface area contributed by atoms with E-state index in [1.807, 2.05) is 24.4 Å². The van der Waals surface area contributed by atoms with Crippen molar-refractivity contribution in [1.29, 1.82) is 0 Å². The molecular formula is C15H20N2O2. The van der Waals surface area contributed by atoms with Crippen molar-refractivity contribution in [3.05, 3.63) is 30.0 Å². The quantitative estimate of drug-likeness (QED) is 0.784. The number of benzene rings is 1. The van der Waals surface area contributed by atoms with Gasteiger partial charge in [0.05, 0.1) is 13.5 Å². The Morgan fingerprint density at radius 2 is 2.26 bits per heavy atom. The molecule has 1 aromatic carbocycles. The van der Waals surface area contributed by atoms with Gasteiger partial charge in [-0.25, -0.2) is 0 Å². The van der Waals surface area contributed by atoms with E-state index in [-0.39, 0.29) is 5.91 Å². The monoisotopic (exact) mass is 260 g/mol. The molecule has 102 valence electrons. The molecular weight excluding hydrogens is 240 g/mol. The average molecular weight is 260 g/mol. The lowest BCUT2D eigenvalue weighted by Gasteiger charge is -2.04. The van der Waals surface area contributed by atoms with E-state index in [1.165, 1.54) is 0 Å². The third kappa shape index (κ3) is 3.28. The molecule has 0 fully saturated rings. The first-order valence-corrected chi connectivity index (χ1v) is 6.65. The summed E-state index contributed by atoms with van der Waals surface area (Å²) in [6, 6.07) is 5.83. The Labute approximate surface area is 113 Å². The largest absolute Gasteiger partial charge is 0.497 e. The second-order valence-corrected chi connectivity index (χ2v) is 4.61. The van der Waals surface area contributed by atoms with Gasteiger partial charge in [-0.2, -0.15) is 0 Å². The molecule has 1 aromatic heterocycles. The van der Waals surface area contributed by atoms with E-state index in [9.17, 15) is 4.79 Å². The van der Waals surface area contributed by atoms with Gasteiger partial charge in [0.25, 0.3) is 0 Å². The molecule has 0 saturated carbocycles. The van der Waals surface area contributed by atoms with Crippen LogP contribution in [0.3, 0.4) is 0 Å². The summed E-state index contributed by atoms with van der Waals surface area (Å²) in [7, 11) is 1.64. The van der Waals surface area contributed by atoms with Crippen molar-refractivity contribution in [3.8, 4) is 5.75 Å². The maximum Gasteiger partial charge on any atom is 0.224 e. The van der Waals surface area contributed by atoms with Gasteiger partial charge in [-0.15, -0.1) is 0 Å². The summed E-state index contributed by atoms with van der Waals surface area (Å²) in [6.07, 6.45) is 4.40. The summed E-state index contributed by atoms with van der Waals surface area (Å²) in [6.45, 7) is 2.86. The smallest absolute Gasteiger partial charge is 0.224 e. The van der Waals surface area contributed by atoms with Crippen LogP contribution in [0.25, 0.3) is 10.9 Å². The molecule has 0 radical (unpaired) electrons. The number of ether oxygens (including phenoxy) is 1. The predicted octanol–water partition coefficient (Wildman–Crippen LogP) is 2.64. The minimum absolute atomic E-state index is 0.0668.